The van der Waals surface area contributed by atoms with E-state index in [0.29, 0.717) is 0 Å². The first-order chi connectivity index (χ1) is 6.81. The summed E-state index contributed by atoms with van der Waals surface area (Å²) in [5.74, 6) is 0. The maximum Gasteiger partial charge on any atom is 0.0654 e. The monoisotopic (exact) mass is 228 g/mol. The summed E-state index contributed by atoms with van der Waals surface area (Å²) in [6, 6.07) is 0. The molecule has 1 fully saturated rings. The summed E-state index contributed by atoms with van der Waals surface area (Å²) >= 11 is 0. The zero-order valence-electron chi connectivity index (χ0n) is 12.0. The van der Waals surface area contributed by atoms with Crippen molar-refractivity contribution in [3.8, 4) is 0 Å². The number of aliphatic hydroxyl groups is 2. The standard InChI is InChI=1S/C14H28O2/c1-11(2)9(15)13(5,6)14(7,8)10(16)12(11,3)4/h9-10,15-16H,1-8H3. The zero-order chi connectivity index (χ0) is 13.2. The highest BCUT2D eigenvalue weighted by atomic mass is 16.3. The molecule has 2 nitrogen and oxygen atoms in total. The fraction of sp³-hybridized carbons (Fsp3) is 1.00. The van der Waals surface area contributed by atoms with Gasteiger partial charge in [-0.25, -0.2) is 0 Å². The van der Waals surface area contributed by atoms with Crippen LogP contribution in [0.3, 0.4) is 0 Å². The van der Waals surface area contributed by atoms with Gasteiger partial charge in [-0.05, 0) is 21.7 Å². The molecule has 0 saturated heterocycles. The lowest BCUT2D eigenvalue weighted by atomic mass is 9.42. The van der Waals surface area contributed by atoms with E-state index in [1.165, 1.54) is 0 Å². The van der Waals surface area contributed by atoms with Crippen molar-refractivity contribution in [3.63, 3.8) is 0 Å². The molecule has 0 aromatic carbocycles. The first-order valence-corrected chi connectivity index (χ1v) is 6.17. The Hall–Kier alpha value is -0.0800. The van der Waals surface area contributed by atoms with Gasteiger partial charge < -0.3 is 10.2 Å². The van der Waals surface area contributed by atoms with Crippen molar-refractivity contribution in [3.05, 3.63) is 0 Å². The van der Waals surface area contributed by atoms with E-state index in [9.17, 15) is 10.2 Å². The molecule has 2 N–H and O–H groups in total. The van der Waals surface area contributed by atoms with Gasteiger partial charge in [0, 0.05) is 0 Å². The van der Waals surface area contributed by atoms with Crippen molar-refractivity contribution >= 4 is 0 Å². The Balaban J connectivity index is 3.39. The second-order valence-corrected chi connectivity index (χ2v) is 7.69. The van der Waals surface area contributed by atoms with E-state index in [0.717, 1.165) is 0 Å². The van der Waals surface area contributed by atoms with Gasteiger partial charge in [0.2, 0.25) is 0 Å². The molecular formula is C14H28O2. The van der Waals surface area contributed by atoms with Crippen LogP contribution in [0, 0.1) is 21.7 Å². The predicted molar refractivity (Wildman–Crippen MR) is 67.1 cm³/mol. The Morgan fingerprint density at radius 3 is 0.750 bits per heavy atom. The van der Waals surface area contributed by atoms with Crippen LogP contribution < -0.4 is 0 Å². The van der Waals surface area contributed by atoms with Crippen LogP contribution in [-0.4, -0.2) is 22.4 Å². The summed E-state index contributed by atoms with van der Waals surface area (Å²) in [5.41, 5.74) is -1.20. The maximum atomic E-state index is 10.6. The Labute approximate surface area is 100 Å². The van der Waals surface area contributed by atoms with Crippen LogP contribution in [-0.2, 0) is 0 Å². The highest BCUT2D eigenvalue weighted by Gasteiger charge is 2.64. The van der Waals surface area contributed by atoms with E-state index in [2.05, 4.69) is 55.4 Å². The molecule has 16 heavy (non-hydrogen) atoms. The topological polar surface area (TPSA) is 40.5 Å². The van der Waals surface area contributed by atoms with Gasteiger partial charge in [-0.2, -0.15) is 0 Å². The summed E-state index contributed by atoms with van der Waals surface area (Å²) in [6.45, 7) is 16.4. The molecule has 1 rings (SSSR count). The molecule has 0 heterocycles. The highest BCUT2D eigenvalue weighted by molar-refractivity contribution is 5.13. The second-order valence-electron chi connectivity index (χ2n) is 7.69. The van der Waals surface area contributed by atoms with Gasteiger partial charge in [-0.15, -0.1) is 0 Å². The number of aliphatic hydroxyl groups excluding tert-OH is 2. The van der Waals surface area contributed by atoms with Crippen molar-refractivity contribution in [2.24, 2.45) is 21.7 Å². The largest absolute Gasteiger partial charge is 0.392 e. The smallest absolute Gasteiger partial charge is 0.0654 e. The van der Waals surface area contributed by atoms with Gasteiger partial charge in [0.15, 0.2) is 0 Å². The van der Waals surface area contributed by atoms with E-state index in [1.54, 1.807) is 0 Å². The van der Waals surface area contributed by atoms with Crippen LogP contribution >= 0.6 is 0 Å². The maximum absolute atomic E-state index is 10.6. The van der Waals surface area contributed by atoms with E-state index < -0.39 is 12.2 Å². The summed E-state index contributed by atoms with van der Waals surface area (Å²) in [5, 5.41) is 21.3. The molecule has 0 radical (unpaired) electrons. The molecule has 96 valence electrons. The zero-order valence-corrected chi connectivity index (χ0v) is 12.0. The first kappa shape index (κ1) is 14.0. The third kappa shape index (κ3) is 1.32. The first-order valence-electron chi connectivity index (χ1n) is 6.17. The van der Waals surface area contributed by atoms with E-state index in [1.807, 2.05) is 0 Å². The van der Waals surface area contributed by atoms with E-state index in [-0.39, 0.29) is 21.7 Å². The minimum Gasteiger partial charge on any atom is -0.392 e. The van der Waals surface area contributed by atoms with Crippen molar-refractivity contribution < 1.29 is 10.2 Å². The predicted octanol–water partition coefficient (Wildman–Crippen LogP) is 2.83. The van der Waals surface area contributed by atoms with Crippen LogP contribution in [0.15, 0.2) is 0 Å². The molecule has 0 amide bonds. The van der Waals surface area contributed by atoms with Gasteiger partial charge >= 0.3 is 0 Å². The lowest BCUT2D eigenvalue weighted by Gasteiger charge is -2.65. The summed E-state index contributed by atoms with van der Waals surface area (Å²) < 4.78 is 0. The lowest BCUT2D eigenvalue weighted by molar-refractivity contribution is -0.258. The third-order valence-corrected chi connectivity index (χ3v) is 6.06. The Morgan fingerprint density at radius 2 is 0.625 bits per heavy atom. The van der Waals surface area contributed by atoms with Crippen molar-refractivity contribution in [2.45, 2.75) is 67.6 Å². The Bertz CT molecular complexity index is 229. The molecule has 0 aromatic heterocycles. The molecule has 0 atom stereocenters. The van der Waals surface area contributed by atoms with Crippen LogP contribution in [0.2, 0.25) is 0 Å². The van der Waals surface area contributed by atoms with Crippen LogP contribution in [0.5, 0.6) is 0 Å². The average Bonchev–Trinajstić information content (AvgIpc) is 2.13. The minimum atomic E-state index is -0.423. The number of hydrogen-bond donors (Lipinski definition) is 2. The SMILES string of the molecule is CC1(C)C(O)C(C)(C)C(C)(C)C(O)C1(C)C. The molecule has 0 aliphatic heterocycles. The average molecular weight is 228 g/mol. The molecular weight excluding hydrogens is 200 g/mol. The molecule has 1 saturated carbocycles. The molecule has 0 aromatic rings. The van der Waals surface area contributed by atoms with Crippen molar-refractivity contribution in [2.75, 3.05) is 0 Å². The van der Waals surface area contributed by atoms with Crippen LogP contribution in [0.25, 0.3) is 0 Å². The lowest BCUT2D eigenvalue weighted by Crippen LogP contribution is -2.68. The van der Waals surface area contributed by atoms with E-state index >= 15 is 0 Å². The molecule has 0 spiro atoms. The molecule has 1 aliphatic carbocycles. The minimum absolute atomic E-state index is 0.300. The van der Waals surface area contributed by atoms with Crippen molar-refractivity contribution in [1.29, 1.82) is 0 Å². The highest BCUT2D eigenvalue weighted by Crippen LogP contribution is 2.63. The van der Waals surface area contributed by atoms with Crippen molar-refractivity contribution in [1.82, 2.24) is 0 Å². The fourth-order valence-electron chi connectivity index (χ4n) is 3.21. The number of rotatable bonds is 0. The Kier molecular flexibility index (Phi) is 2.82. The fourth-order valence-corrected chi connectivity index (χ4v) is 3.21. The quantitative estimate of drug-likeness (QED) is 0.669. The summed E-state index contributed by atoms with van der Waals surface area (Å²) in [7, 11) is 0. The van der Waals surface area contributed by atoms with Gasteiger partial charge in [-0.1, -0.05) is 55.4 Å². The second kappa shape index (κ2) is 3.23. The number of hydrogen-bond acceptors (Lipinski definition) is 2. The van der Waals surface area contributed by atoms with E-state index in [4.69, 9.17) is 0 Å². The van der Waals surface area contributed by atoms with Crippen LogP contribution in [0.4, 0.5) is 0 Å². The van der Waals surface area contributed by atoms with Crippen LogP contribution in [0.1, 0.15) is 55.4 Å². The summed E-state index contributed by atoms with van der Waals surface area (Å²) in [4.78, 5) is 0. The van der Waals surface area contributed by atoms with Gasteiger partial charge in [0.1, 0.15) is 0 Å². The molecule has 0 bridgehead atoms. The molecule has 1 aliphatic rings. The normalized spacial score (nSPS) is 39.4. The van der Waals surface area contributed by atoms with Gasteiger partial charge in [0.25, 0.3) is 0 Å². The van der Waals surface area contributed by atoms with Gasteiger partial charge in [0.05, 0.1) is 12.2 Å². The summed E-state index contributed by atoms with van der Waals surface area (Å²) in [6.07, 6.45) is -0.846. The van der Waals surface area contributed by atoms with Gasteiger partial charge in [-0.3, -0.25) is 0 Å². The third-order valence-electron chi connectivity index (χ3n) is 6.06. The molecule has 0 unspecified atom stereocenters. The molecule has 2 heteroatoms. The Morgan fingerprint density at radius 1 is 0.500 bits per heavy atom.